The van der Waals surface area contributed by atoms with Crippen molar-refractivity contribution >= 4 is 8.25 Å². The van der Waals surface area contributed by atoms with Gasteiger partial charge in [-0.25, -0.2) is 0 Å². The van der Waals surface area contributed by atoms with Crippen LogP contribution < -0.4 is 5.32 Å². The monoisotopic (exact) mass is 194 g/mol. The van der Waals surface area contributed by atoms with E-state index in [2.05, 4.69) is 9.84 Å². The molecule has 5 nitrogen and oxygen atoms in total. The molecule has 0 radical (unpaired) electrons. The van der Waals surface area contributed by atoms with Gasteiger partial charge in [-0.3, -0.25) is 5.32 Å². The molecule has 12 heavy (non-hydrogen) atoms. The lowest BCUT2D eigenvalue weighted by atomic mass is 10.2. The molecular weight excluding hydrogens is 181 g/mol. The standard InChI is InChI=1S/C6H12NO4P/c1-7-6-3-2-5(11-6)4-10-12(8)9/h5-7H,2-4H2,1H3/p+1/t5-,6+/m0/s1. The molecule has 6 heteroatoms. The zero-order chi connectivity index (χ0) is 8.97. The van der Waals surface area contributed by atoms with Crippen LogP contribution in [0.2, 0.25) is 0 Å². The third kappa shape index (κ3) is 3.13. The molecule has 0 aromatic rings. The topological polar surface area (TPSA) is 67.8 Å². The largest absolute Gasteiger partial charge is 0.694 e. The van der Waals surface area contributed by atoms with Crippen LogP contribution in [0.3, 0.4) is 0 Å². The van der Waals surface area contributed by atoms with Crippen LogP contribution in [0, 0.1) is 0 Å². The van der Waals surface area contributed by atoms with Crippen LogP contribution in [-0.4, -0.2) is 30.9 Å². The minimum absolute atomic E-state index is 0.0476. The number of hydrogen-bond donors (Lipinski definition) is 2. The van der Waals surface area contributed by atoms with E-state index in [4.69, 9.17) is 9.63 Å². The van der Waals surface area contributed by atoms with Gasteiger partial charge in [0, 0.05) is 4.57 Å². The molecule has 1 unspecified atom stereocenters. The highest BCUT2D eigenvalue weighted by Crippen LogP contribution is 2.22. The first kappa shape index (κ1) is 10.0. The summed E-state index contributed by atoms with van der Waals surface area (Å²) in [6.07, 6.45) is 1.81. The Bertz CT molecular complexity index is 166. The molecule has 1 heterocycles. The third-order valence-electron chi connectivity index (χ3n) is 1.80. The molecule has 0 aromatic heterocycles. The Morgan fingerprint density at radius 3 is 3.00 bits per heavy atom. The van der Waals surface area contributed by atoms with Crippen LogP contribution in [0.15, 0.2) is 0 Å². The molecule has 70 valence electrons. The van der Waals surface area contributed by atoms with E-state index < -0.39 is 8.25 Å². The fourth-order valence-corrected chi connectivity index (χ4v) is 1.48. The Morgan fingerprint density at radius 2 is 2.50 bits per heavy atom. The molecule has 0 amide bonds. The maximum absolute atomic E-state index is 10.2. The molecule has 0 spiro atoms. The van der Waals surface area contributed by atoms with Gasteiger partial charge in [-0.15, -0.1) is 9.42 Å². The molecule has 1 fully saturated rings. The molecule has 0 saturated carbocycles. The summed E-state index contributed by atoms with van der Waals surface area (Å²) >= 11 is 0. The molecule has 1 aliphatic heterocycles. The molecule has 1 saturated heterocycles. The summed E-state index contributed by atoms with van der Waals surface area (Å²) < 4.78 is 20.1. The van der Waals surface area contributed by atoms with Crippen molar-refractivity contribution in [2.24, 2.45) is 0 Å². The van der Waals surface area contributed by atoms with Crippen molar-refractivity contribution in [2.45, 2.75) is 25.2 Å². The molecule has 0 aliphatic carbocycles. The Labute approximate surface area is 72.0 Å². The molecule has 3 atom stereocenters. The van der Waals surface area contributed by atoms with Gasteiger partial charge in [0.1, 0.15) is 12.8 Å². The van der Waals surface area contributed by atoms with Gasteiger partial charge in [0.05, 0.1) is 6.10 Å². The van der Waals surface area contributed by atoms with Gasteiger partial charge in [0.25, 0.3) is 0 Å². The summed E-state index contributed by atoms with van der Waals surface area (Å²) in [5, 5.41) is 2.97. The highest BCUT2D eigenvalue weighted by molar-refractivity contribution is 7.32. The van der Waals surface area contributed by atoms with Crippen LogP contribution in [0.25, 0.3) is 0 Å². The number of ether oxygens (including phenoxy) is 1. The number of hydrogen-bond acceptors (Lipinski definition) is 4. The molecule has 0 aromatic carbocycles. The van der Waals surface area contributed by atoms with E-state index in [1.165, 1.54) is 0 Å². The van der Waals surface area contributed by atoms with Crippen LogP contribution in [0.1, 0.15) is 12.8 Å². The van der Waals surface area contributed by atoms with Crippen molar-refractivity contribution in [3.63, 3.8) is 0 Å². The summed E-state index contributed by atoms with van der Waals surface area (Å²) in [6, 6.07) is 0. The first-order valence-electron chi connectivity index (χ1n) is 3.84. The van der Waals surface area contributed by atoms with Gasteiger partial charge < -0.3 is 4.74 Å². The normalized spacial score (nSPS) is 30.7. The lowest BCUT2D eigenvalue weighted by Crippen LogP contribution is -2.26. The fraction of sp³-hybridized carbons (Fsp3) is 1.00. The fourth-order valence-electron chi connectivity index (χ4n) is 1.19. The van der Waals surface area contributed by atoms with Crippen molar-refractivity contribution in [1.29, 1.82) is 0 Å². The second-order valence-corrected chi connectivity index (χ2v) is 3.38. The predicted molar refractivity (Wildman–Crippen MR) is 42.7 cm³/mol. The first-order chi connectivity index (χ1) is 5.72. The maximum atomic E-state index is 10.2. The quantitative estimate of drug-likeness (QED) is 0.633. The first-order valence-corrected chi connectivity index (χ1v) is 4.97. The zero-order valence-corrected chi connectivity index (χ0v) is 7.79. The smallest absolute Gasteiger partial charge is 0.358 e. The Balaban J connectivity index is 2.15. The zero-order valence-electron chi connectivity index (χ0n) is 6.90. The maximum Gasteiger partial charge on any atom is 0.694 e. The molecule has 0 bridgehead atoms. The summed E-state index contributed by atoms with van der Waals surface area (Å²) in [5.74, 6) is 0. The lowest BCUT2D eigenvalue weighted by molar-refractivity contribution is 0.00571. The van der Waals surface area contributed by atoms with E-state index in [1.807, 2.05) is 7.05 Å². The number of nitrogens with one attached hydrogen (secondary N) is 1. The number of rotatable bonds is 4. The SMILES string of the molecule is CN[C@H]1CC[C@@H](CO[P+](=O)O)O1. The Hall–Kier alpha value is -0.0600. The summed E-state index contributed by atoms with van der Waals surface area (Å²) in [6.45, 7) is 0.198. The highest BCUT2D eigenvalue weighted by atomic mass is 31.1. The Kier molecular flexibility index (Phi) is 4.05. The molecule has 1 aliphatic rings. The molecule has 2 N–H and O–H groups in total. The van der Waals surface area contributed by atoms with E-state index in [0.29, 0.717) is 0 Å². The summed E-state index contributed by atoms with van der Waals surface area (Å²) in [5.41, 5.74) is 0. The van der Waals surface area contributed by atoms with Crippen LogP contribution in [0.4, 0.5) is 0 Å². The molecular formula is C6H13NO4P+. The van der Waals surface area contributed by atoms with E-state index in [1.54, 1.807) is 0 Å². The van der Waals surface area contributed by atoms with E-state index in [0.717, 1.165) is 12.8 Å². The second-order valence-electron chi connectivity index (χ2n) is 2.65. The van der Waals surface area contributed by atoms with Gasteiger partial charge in [-0.2, -0.15) is 0 Å². The van der Waals surface area contributed by atoms with Gasteiger partial charge in [-0.1, -0.05) is 0 Å². The van der Waals surface area contributed by atoms with E-state index >= 15 is 0 Å². The van der Waals surface area contributed by atoms with E-state index in [-0.39, 0.29) is 18.9 Å². The van der Waals surface area contributed by atoms with Crippen LogP contribution in [-0.2, 0) is 13.8 Å². The molecule has 1 rings (SSSR count). The van der Waals surface area contributed by atoms with Gasteiger partial charge in [0.2, 0.25) is 0 Å². The minimum Gasteiger partial charge on any atom is -0.358 e. The average molecular weight is 194 g/mol. The second kappa shape index (κ2) is 4.84. The van der Waals surface area contributed by atoms with Crippen molar-refractivity contribution < 1.29 is 18.7 Å². The van der Waals surface area contributed by atoms with Gasteiger partial charge >= 0.3 is 8.25 Å². The predicted octanol–water partition coefficient (Wildman–Crippen LogP) is 0.377. The van der Waals surface area contributed by atoms with Crippen LogP contribution >= 0.6 is 8.25 Å². The van der Waals surface area contributed by atoms with Gasteiger partial charge in [0.15, 0.2) is 0 Å². The average Bonchev–Trinajstić information content (AvgIpc) is 2.48. The summed E-state index contributed by atoms with van der Waals surface area (Å²) in [7, 11) is -0.666. The van der Waals surface area contributed by atoms with Crippen molar-refractivity contribution in [1.82, 2.24) is 5.32 Å². The van der Waals surface area contributed by atoms with E-state index in [9.17, 15) is 4.57 Å². The third-order valence-corrected chi connectivity index (χ3v) is 2.17. The van der Waals surface area contributed by atoms with Crippen molar-refractivity contribution in [2.75, 3.05) is 13.7 Å². The summed E-state index contributed by atoms with van der Waals surface area (Å²) in [4.78, 5) is 8.35. The minimum atomic E-state index is -2.49. The van der Waals surface area contributed by atoms with Crippen LogP contribution in [0.5, 0.6) is 0 Å². The highest BCUT2D eigenvalue weighted by Gasteiger charge is 2.27. The van der Waals surface area contributed by atoms with Crippen molar-refractivity contribution in [3.05, 3.63) is 0 Å². The van der Waals surface area contributed by atoms with Crippen molar-refractivity contribution in [3.8, 4) is 0 Å². The Morgan fingerprint density at radius 1 is 1.75 bits per heavy atom. The lowest BCUT2D eigenvalue weighted by Gasteiger charge is -2.09. The van der Waals surface area contributed by atoms with Gasteiger partial charge in [-0.05, 0) is 19.9 Å².